The highest BCUT2D eigenvalue weighted by molar-refractivity contribution is 7.21. The second kappa shape index (κ2) is 6.93. The van der Waals surface area contributed by atoms with Crippen molar-refractivity contribution in [2.75, 3.05) is 11.9 Å². The number of anilines is 1. The Balaban J connectivity index is 1.53. The number of benzene rings is 1. The smallest absolute Gasteiger partial charge is 0.363 e. The molecule has 3 atom stereocenters. The molecule has 0 bridgehead atoms. The Bertz CT molecular complexity index is 1130. The first kappa shape index (κ1) is 19.3. The summed E-state index contributed by atoms with van der Waals surface area (Å²) in [5, 5.41) is 6.91. The topological polar surface area (TPSA) is 78.1 Å². The minimum atomic E-state index is -4.54. The Kier molecular flexibility index (Phi) is 4.46. The minimum absolute atomic E-state index is 0.0119. The molecule has 3 unspecified atom stereocenters. The van der Waals surface area contributed by atoms with E-state index in [-0.39, 0.29) is 22.7 Å². The van der Waals surface area contributed by atoms with Gasteiger partial charge in [0, 0.05) is 17.8 Å². The van der Waals surface area contributed by atoms with Crippen molar-refractivity contribution in [1.82, 2.24) is 21.2 Å². The van der Waals surface area contributed by atoms with E-state index in [1.165, 1.54) is 0 Å². The zero-order valence-corrected chi connectivity index (χ0v) is 16.6. The van der Waals surface area contributed by atoms with E-state index < -0.39 is 18.0 Å². The molecule has 30 heavy (non-hydrogen) atoms. The average molecular weight is 433 g/mol. The summed E-state index contributed by atoms with van der Waals surface area (Å²) >= 11 is 0.977. The first-order valence-electron chi connectivity index (χ1n) is 9.45. The van der Waals surface area contributed by atoms with E-state index in [1.54, 1.807) is 6.92 Å². The summed E-state index contributed by atoms with van der Waals surface area (Å²) in [4.78, 5) is 17.2. The number of aryl methyl sites for hydroxylation is 1. The van der Waals surface area contributed by atoms with Gasteiger partial charge in [-0.1, -0.05) is 30.3 Å². The summed E-state index contributed by atoms with van der Waals surface area (Å²) in [5.41, 5.74) is 7.52. The Morgan fingerprint density at radius 2 is 1.93 bits per heavy atom. The van der Waals surface area contributed by atoms with Crippen LogP contribution in [-0.4, -0.2) is 23.6 Å². The molecular weight excluding hydrogens is 415 g/mol. The fourth-order valence-corrected chi connectivity index (χ4v) is 5.27. The molecule has 2 aromatic heterocycles. The van der Waals surface area contributed by atoms with Crippen molar-refractivity contribution in [3.05, 3.63) is 58.1 Å². The maximum Gasteiger partial charge on any atom is 0.433 e. The summed E-state index contributed by atoms with van der Waals surface area (Å²) in [6, 6.07) is 10.9. The van der Waals surface area contributed by atoms with E-state index in [2.05, 4.69) is 26.5 Å². The van der Waals surface area contributed by atoms with Gasteiger partial charge in [0.15, 0.2) is 0 Å². The molecule has 4 N–H and O–H groups in total. The van der Waals surface area contributed by atoms with Crippen molar-refractivity contribution in [3.63, 3.8) is 0 Å². The summed E-state index contributed by atoms with van der Waals surface area (Å²) in [6.07, 6.45) is -4.93. The highest BCUT2D eigenvalue weighted by Crippen LogP contribution is 2.42. The molecule has 2 aliphatic rings. The molecular formula is C20H18F3N5OS. The summed E-state index contributed by atoms with van der Waals surface area (Å²) in [7, 11) is 0. The van der Waals surface area contributed by atoms with Crippen LogP contribution in [0.5, 0.6) is 0 Å². The Morgan fingerprint density at radius 3 is 2.67 bits per heavy atom. The van der Waals surface area contributed by atoms with Crippen molar-refractivity contribution in [3.8, 4) is 0 Å². The molecule has 6 nitrogen and oxygen atoms in total. The molecule has 3 aromatic rings. The number of nitrogens with one attached hydrogen (secondary N) is 4. The summed E-state index contributed by atoms with van der Waals surface area (Å²) in [5.74, 6) is -0.314. The molecule has 0 spiro atoms. The molecule has 0 aliphatic carbocycles. The van der Waals surface area contributed by atoms with E-state index in [4.69, 9.17) is 0 Å². The van der Waals surface area contributed by atoms with Crippen LogP contribution in [0.4, 0.5) is 18.9 Å². The standard InChI is InChI=1S/C20H18F3N5OS/c1-9-7-12(20(21,22)23)25-19-13(9)15-16(30-19)18(29)27-17(26-15)11-8-24-28-14(11)10-5-3-2-4-6-10/h2-7,11,14,17,24,26,28H,8H2,1H3,(H,27,29). The highest BCUT2D eigenvalue weighted by Gasteiger charge is 2.40. The number of carbonyl (C=O) groups excluding carboxylic acids is 1. The normalized spacial score (nSPS) is 23.9. The zero-order chi connectivity index (χ0) is 21.0. The van der Waals surface area contributed by atoms with Crippen LogP contribution < -0.4 is 21.5 Å². The lowest BCUT2D eigenvalue weighted by Gasteiger charge is -2.33. The minimum Gasteiger partial charge on any atom is -0.363 e. The SMILES string of the molecule is Cc1cc(C(F)(F)F)nc2sc3c(c12)NC(C1CNNC1c1ccccc1)NC3=O. The molecule has 1 fully saturated rings. The van der Waals surface area contributed by atoms with E-state index in [0.29, 0.717) is 28.1 Å². The van der Waals surface area contributed by atoms with Gasteiger partial charge in [0.05, 0.1) is 11.7 Å². The van der Waals surface area contributed by atoms with Crippen LogP contribution in [0.25, 0.3) is 10.2 Å². The van der Waals surface area contributed by atoms with Crippen LogP contribution in [0.1, 0.15) is 32.5 Å². The molecule has 2 aliphatic heterocycles. The van der Waals surface area contributed by atoms with E-state index in [9.17, 15) is 18.0 Å². The second-order valence-electron chi connectivity index (χ2n) is 7.48. The number of hydrogen-bond acceptors (Lipinski definition) is 6. The van der Waals surface area contributed by atoms with Crippen LogP contribution in [0.3, 0.4) is 0 Å². The van der Waals surface area contributed by atoms with Gasteiger partial charge in [-0.15, -0.1) is 11.3 Å². The van der Waals surface area contributed by atoms with E-state index in [1.807, 2.05) is 30.3 Å². The second-order valence-corrected chi connectivity index (χ2v) is 8.48. The third-order valence-electron chi connectivity index (χ3n) is 5.55. The predicted molar refractivity (Wildman–Crippen MR) is 108 cm³/mol. The van der Waals surface area contributed by atoms with Gasteiger partial charge >= 0.3 is 6.18 Å². The number of pyridine rings is 1. The predicted octanol–water partition coefficient (Wildman–Crippen LogP) is 3.57. The van der Waals surface area contributed by atoms with E-state index in [0.717, 1.165) is 23.0 Å². The Labute approximate surface area is 173 Å². The van der Waals surface area contributed by atoms with Gasteiger partial charge in [0.1, 0.15) is 21.6 Å². The molecule has 10 heteroatoms. The van der Waals surface area contributed by atoms with Crippen molar-refractivity contribution in [2.45, 2.75) is 25.3 Å². The summed E-state index contributed by atoms with van der Waals surface area (Å²) in [6.45, 7) is 2.23. The highest BCUT2D eigenvalue weighted by atomic mass is 32.1. The monoisotopic (exact) mass is 433 g/mol. The first-order valence-corrected chi connectivity index (χ1v) is 10.3. The number of alkyl halides is 3. The maximum atomic E-state index is 13.2. The lowest BCUT2D eigenvalue weighted by Crippen LogP contribution is -2.51. The fourth-order valence-electron chi connectivity index (χ4n) is 4.15. The molecule has 1 amide bonds. The van der Waals surface area contributed by atoms with Gasteiger partial charge in [0.25, 0.3) is 5.91 Å². The Morgan fingerprint density at radius 1 is 1.17 bits per heavy atom. The van der Waals surface area contributed by atoms with Gasteiger partial charge in [-0.2, -0.15) is 13.2 Å². The molecule has 5 rings (SSSR count). The van der Waals surface area contributed by atoms with Crippen LogP contribution in [0.15, 0.2) is 36.4 Å². The van der Waals surface area contributed by atoms with Gasteiger partial charge in [-0.3, -0.25) is 10.2 Å². The van der Waals surface area contributed by atoms with Crippen molar-refractivity contribution < 1.29 is 18.0 Å². The molecule has 156 valence electrons. The number of rotatable bonds is 2. The number of hydrazine groups is 1. The van der Waals surface area contributed by atoms with Crippen LogP contribution in [0, 0.1) is 12.8 Å². The number of fused-ring (bicyclic) bond motifs is 3. The Hall–Kier alpha value is -2.69. The number of nitrogens with zero attached hydrogens (tertiary/aromatic N) is 1. The molecule has 0 radical (unpaired) electrons. The number of amides is 1. The summed E-state index contributed by atoms with van der Waals surface area (Å²) < 4.78 is 39.5. The maximum absolute atomic E-state index is 13.2. The first-order chi connectivity index (χ1) is 14.3. The number of aromatic nitrogens is 1. The van der Waals surface area contributed by atoms with Gasteiger partial charge in [-0.25, -0.2) is 10.4 Å². The molecule has 0 saturated carbocycles. The number of hydrogen-bond donors (Lipinski definition) is 4. The average Bonchev–Trinajstić information content (AvgIpc) is 3.33. The van der Waals surface area contributed by atoms with Crippen molar-refractivity contribution in [1.29, 1.82) is 0 Å². The van der Waals surface area contributed by atoms with Crippen LogP contribution >= 0.6 is 11.3 Å². The van der Waals surface area contributed by atoms with Gasteiger partial charge < -0.3 is 10.6 Å². The third-order valence-corrected chi connectivity index (χ3v) is 6.64. The van der Waals surface area contributed by atoms with Gasteiger partial charge in [-0.05, 0) is 24.1 Å². The quantitative estimate of drug-likeness (QED) is 0.497. The fraction of sp³-hybridized carbons (Fsp3) is 0.300. The molecule has 1 aromatic carbocycles. The number of carbonyl (C=O) groups is 1. The van der Waals surface area contributed by atoms with Crippen LogP contribution in [-0.2, 0) is 6.18 Å². The van der Waals surface area contributed by atoms with Crippen molar-refractivity contribution in [2.24, 2.45) is 5.92 Å². The van der Waals surface area contributed by atoms with Crippen molar-refractivity contribution >= 4 is 33.1 Å². The largest absolute Gasteiger partial charge is 0.433 e. The molecule has 1 saturated heterocycles. The van der Waals surface area contributed by atoms with Crippen LogP contribution in [0.2, 0.25) is 0 Å². The third kappa shape index (κ3) is 3.11. The molecule has 4 heterocycles. The lowest BCUT2D eigenvalue weighted by molar-refractivity contribution is -0.141. The number of thiophene rings is 1. The zero-order valence-electron chi connectivity index (χ0n) is 15.8. The van der Waals surface area contributed by atoms with Gasteiger partial charge in [0.2, 0.25) is 0 Å². The number of halogens is 3. The lowest BCUT2D eigenvalue weighted by atomic mass is 9.91. The van der Waals surface area contributed by atoms with E-state index >= 15 is 0 Å².